The minimum Gasteiger partial charge on any atom is -0.322 e. The lowest BCUT2D eigenvalue weighted by molar-refractivity contribution is -0.116. The van der Waals surface area contributed by atoms with Crippen LogP contribution >= 0.6 is 11.3 Å². The van der Waals surface area contributed by atoms with E-state index >= 15 is 0 Å². The number of aryl methyl sites for hydroxylation is 1. The molecule has 0 fully saturated rings. The first-order valence-corrected chi connectivity index (χ1v) is 10.9. The van der Waals surface area contributed by atoms with Gasteiger partial charge in [0, 0.05) is 22.8 Å². The average molecular weight is 447 g/mol. The molecule has 0 bridgehead atoms. The number of hydrogen-bond acceptors (Lipinski definition) is 5. The molecular formula is C23H19FN6OS. The summed E-state index contributed by atoms with van der Waals surface area (Å²) < 4.78 is 16.6. The van der Waals surface area contributed by atoms with E-state index in [9.17, 15) is 9.18 Å². The lowest BCUT2D eigenvalue weighted by Crippen LogP contribution is -2.19. The van der Waals surface area contributed by atoms with Gasteiger partial charge < -0.3 is 5.32 Å². The molecule has 5 aromatic rings. The van der Waals surface area contributed by atoms with Gasteiger partial charge in [-0.15, -0.1) is 11.3 Å². The van der Waals surface area contributed by atoms with Crippen LogP contribution in [0.15, 0.2) is 66.4 Å². The molecule has 0 saturated heterocycles. The fourth-order valence-electron chi connectivity index (χ4n) is 3.70. The Morgan fingerprint density at radius 2 is 2.12 bits per heavy atom. The summed E-state index contributed by atoms with van der Waals surface area (Å²) in [6, 6.07) is 12.4. The molecule has 0 aliphatic heterocycles. The first-order chi connectivity index (χ1) is 15.6. The number of fused-ring (bicyclic) bond motifs is 1. The minimum atomic E-state index is -0.291. The number of rotatable bonds is 6. The molecule has 0 saturated carbocycles. The van der Waals surface area contributed by atoms with E-state index in [4.69, 9.17) is 0 Å². The molecule has 0 atom stereocenters. The Kier molecular flexibility index (Phi) is 5.24. The van der Waals surface area contributed by atoms with Gasteiger partial charge in [-0.25, -0.2) is 14.1 Å². The molecule has 32 heavy (non-hydrogen) atoms. The second kappa shape index (κ2) is 8.35. The number of thiophene rings is 1. The lowest BCUT2D eigenvalue weighted by Gasteiger charge is -2.05. The largest absolute Gasteiger partial charge is 0.322 e. The van der Waals surface area contributed by atoms with Crippen molar-refractivity contribution in [3.8, 4) is 10.4 Å². The number of carbonyl (C=O) groups is 1. The van der Waals surface area contributed by atoms with Crippen molar-refractivity contribution in [2.45, 2.75) is 20.0 Å². The monoisotopic (exact) mass is 446 g/mol. The van der Waals surface area contributed by atoms with Crippen molar-refractivity contribution in [2.75, 3.05) is 5.32 Å². The molecule has 1 N–H and O–H groups in total. The molecular weight excluding hydrogens is 427 g/mol. The van der Waals surface area contributed by atoms with Gasteiger partial charge in [0.2, 0.25) is 5.91 Å². The van der Waals surface area contributed by atoms with Crippen LogP contribution in [0.1, 0.15) is 11.3 Å². The summed E-state index contributed by atoms with van der Waals surface area (Å²) in [6.45, 7) is 2.36. The zero-order chi connectivity index (χ0) is 22.1. The second-order valence-corrected chi connectivity index (χ2v) is 8.33. The van der Waals surface area contributed by atoms with E-state index in [0.29, 0.717) is 17.9 Å². The van der Waals surface area contributed by atoms with E-state index in [1.807, 2.05) is 30.5 Å². The number of hydrogen-bond donors (Lipinski definition) is 1. The maximum absolute atomic E-state index is 13.4. The summed E-state index contributed by atoms with van der Waals surface area (Å²) in [7, 11) is 0. The number of carbonyl (C=O) groups excluding carboxylic acids is 1. The SMILES string of the molecule is Cc1nn(CC(=O)Nc2cnn(Cc3cccc(F)c3)c2)c2nccc(-c3cccs3)c12. The molecule has 0 spiro atoms. The van der Waals surface area contributed by atoms with Gasteiger partial charge in [-0.1, -0.05) is 18.2 Å². The van der Waals surface area contributed by atoms with Crippen LogP contribution in [0.3, 0.4) is 0 Å². The van der Waals surface area contributed by atoms with Crippen molar-refractivity contribution in [3.05, 3.63) is 83.5 Å². The third kappa shape index (κ3) is 4.02. The number of halogens is 1. The van der Waals surface area contributed by atoms with Gasteiger partial charge in [0.1, 0.15) is 12.4 Å². The van der Waals surface area contributed by atoms with Gasteiger partial charge in [0.15, 0.2) is 5.65 Å². The predicted molar refractivity (Wildman–Crippen MR) is 122 cm³/mol. The minimum absolute atomic E-state index is 0.0281. The van der Waals surface area contributed by atoms with E-state index in [2.05, 4.69) is 26.6 Å². The van der Waals surface area contributed by atoms with Crippen LogP contribution in [0.2, 0.25) is 0 Å². The van der Waals surface area contributed by atoms with Crippen LogP contribution in [0.25, 0.3) is 21.5 Å². The summed E-state index contributed by atoms with van der Waals surface area (Å²) in [6.07, 6.45) is 5.02. The third-order valence-corrected chi connectivity index (χ3v) is 5.94. The van der Waals surface area contributed by atoms with E-state index in [-0.39, 0.29) is 18.3 Å². The fraction of sp³-hybridized carbons (Fsp3) is 0.130. The van der Waals surface area contributed by atoms with Crippen LogP contribution in [0, 0.1) is 12.7 Å². The van der Waals surface area contributed by atoms with Gasteiger partial charge >= 0.3 is 0 Å². The zero-order valence-electron chi connectivity index (χ0n) is 17.2. The first-order valence-electron chi connectivity index (χ1n) is 9.99. The van der Waals surface area contributed by atoms with Crippen molar-refractivity contribution in [3.63, 3.8) is 0 Å². The number of aromatic nitrogens is 5. The number of nitrogens with one attached hydrogen (secondary N) is 1. The van der Waals surface area contributed by atoms with Gasteiger partial charge in [0.05, 0.1) is 29.5 Å². The smallest absolute Gasteiger partial charge is 0.246 e. The highest BCUT2D eigenvalue weighted by molar-refractivity contribution is 7.13. The van der Waals surface area contributed by atoms with Crippen LogP contribution in [-0.4, -0.2) is 30.5 Å². The molecule has 9 heteroatoms. The summed E-state index contributed by atoms with van der Waals surface area (Å²) in [5.41, 5.74) is 3.91. The van der Waals surface area contributed by atoms with Crippen molar-refractivity contribution in [1.82, 2.24) is 24.5 Å². The molecule has 1 amide bonds. The number of amides is 1. The molecule has 1 aromatic carbocycles. The number of nitrogens with zero attached hydrogens (tertiary/aromatic N) is 5. The molecule has 0 radical (unpaired) electrons. The van der Waals surface area contributed by atoms with Crippen LogP contribution < -0.4 is 5.32 Å². The van der Waals surface area contributed by atoms with E-state index in [0.717, 1.165) is 27.1 Å². The third-order valence-electron chi connectivity index (χ3n) is 5.04. The molecule has 0 aliphatic carbocycles. The Morgan fingerprint density at radius 3 is 2.94 bits per heavy atom. The summed E-state index contributed by atoms with van der Waals surface area (Å²) in [5, 5.41) is 14.6. The van der Waals surface area contributed by atoms with Crippen molar-refractivity contribution >= 4 is 34.0 Å². The van der Waals surface area contributed by atoms with E-state index < -0.39 is 0 Å². The number of pyridine rings is 1. The summed E-state index contributed by atoms with van der Waals surface area (Å²) in [5.74, 6) is -0.524. The lowest BCUT2D eigenvalue weighted by atomic mass is 10.1. The quantitative estimate of drug-likeness (QED) is 0.417. The van der Waals surface area contributed by atoms with Gasteiger partial charge in [0.25, 0.3) is 0 Å². The Hall–Kier alpha value is -3.85. The second-order valence-electron chi connectivity index (χ2n) is 7.38. The van der Waals surface area contributed by atoms with Gasteiger partial charge in [-0.2, -0.15) is 10.2 Å². The molecule has 4 heterocycles. The standard InChI is InChI=1S/C23H19FN6OS/c1-15-22-19(20-6-3-9-32-20)7-8-25-23(22)30(28-15)14-21(31)27-18-11-26-29(13-18)12-16-4-2-5-17(24)10-16/h2-11,13H,12,14H2,1H3,(H,27,31). The zero-order valence-corrected chi connectivity index (χ0v) is 18.0. The summed E-state index contributed by atoms with van der Waals surface area (Å²) >= 11 is 1.65. The molecule has 0 aliphatic rings. The molecule has 160 valence electrons. The normalized spacial score (nSPS) is 11.2. The Labute approximate surface area is 187 Å². The highest BCUT2D eigenvalue weighted by Crippen LogP contribution is 2.32. The fourth-order valence-corrected chi connectivity index (χ4v) is 4.46. The van der Waals surface area contributed by atoms with E-state index in [1.165, 1.54) is 12.1 Å². The predicted octanol–water partition coefficient (Wildman–Crippen LogP) is 4.49. The maximum Gasteiger partial charge on any atom is 0.246 e. The van der Waals surface area contributed by atoms with Gasteiger partial charge in [-0.3, -0.25) is 9.48 Å². The molecule has 5 rings (SSSR count). The summed E-state index contributed by atoms with van der Waals surface area (Å²) in [4.78, 5) is 18.3. The molecule has 4 aromatic heterocycles. The van der Waals surface area contributed by atoms with Crippen molar-refractivity contribution in [2.24, 2.45) is 0 Å². The number of benzene rings is 1. The van der Waals surface area contributed by atoms with E-state index in [1.54, 1.807) is 45.4 Å². The van der Waals surface area contributed by atoms with Gasteiger partial charge in [-0.05, 0) is 42.1 Å². The van der Waals surface area contributed by atoms with Crippen molar-refractivity contribution < 1.29 is 9.18 Å². The van der Waals surface area contributed by atoms with Crippen LogP contribution in [0.4, 0.5) is 10.1 Å². The highest BCUT2D eigenvalue weighted by Gasteiger charge is 2.16. The topological polar surface area (TPSA) is 77.6 Å². The molecule has 0 unspecified atom stereocenters. The maximum atomic E-state index is 13.4. The number of anilines is 1. The highest BCUT2D eigenvalue weighted by atomic mass is 32.1. The van der Waals surface area contributed by atoms with Crippen LogP contribution in [0.5, 0.6) is 0 Å². The average Bonchev–Trinajstić information content (AvgIpc) is 3.50. The first kappa shape index (κ1) is 20.1. The van der Waals surface area contributed by atoms with Crippen LogP contribution in [-0.2, 0) is 17.9 Å². The Balaban J connectivity index is 1.32. The Morgan fingerprint density at radius 1 is 1.22 bits per heavy atom. The Bertz CT molecular complexity index is 1410. The van der Waals surface area contributed by atoms with Crippen molar-refractivity contribution in [1.29, 1.82) is 0 Å². The molecule has 7 nitrogen and oxygen atoms in total.